The molecule has 22 heavy (non-hydrogen) atoms. The molecule has 2 rings (SSSR count). The van der Waals surface area contributed by atoms with E-state index in [1.54, 1.807) is 7.11 Å². The van der Waals surface area contributed by atoms with Gasteiger partial charge in [-0.15, -0.1) is 0 Å². The molecule has 0 aliphatic carbocycles. The van der Waals surface area contributed by atoms with E-state index in [9.17, 15) is 4.79 Å². The van der Waals surface area contributed by atoms with Crippen LogP contribution in [0, 0.1) is 0 Å². The summed E-state index contributed by atoms with van der Waals surface area (Å²) < 4.78 is 5.06. The molecular weight excluding hydrogens is 276 g/mol. The minimum Gasteiger partial charge on any atom is -0.496 e. The van der Waals surface area contributed by atoms with Crippen LogP contribution in [0.15, 0.2) is 48.5 Å². The van der Waals surface area contributed by atoms with E-state index in [0.29, 0.717) is 6.54 Å². The molecule has 4 nitrogen and oxygen atoms in total. The third kappa shape index (κ3) is 5.97. The number of rotatable bonds is 4. The van der Waals surface area contributed by atoms with Crippen molar-refractivity contribution >= 4 is 11.6 Å². The smallest absolute Gasteiger partial charge is 0.221 e. The molecule has 0 unspecified atom stereocenters. The molecule has 0 bridgehead atoms. The number of carbonyl (C=O) groups is 1. The summed E-state index contributed by atoms with van der Waals surface area (Å²) in [5.41, 5.74) is 8.63. The molecular formula is C18H24N2O2. The maximum atomic E-state index is 10.7. The largest absolute Gasteiger partial charge is 0.496 e. The summed E-state index contributed by atoms with van der Waals surface area (Å²) in [6, 6.07) is 15.6. The van der Waals surface area contributed by atoms with Crippen LogP contribution in [-0.4, -0.2) is 13.0 Å². The molecule has 0 saturated heterocycles. The summed E-state index contributed by atoms with van der Waals surface area (Å²) in [5, 5.41) is 2.72. The number of ether oxygens (including phenoxy) is 1. The molecule has 2 aromatic rings. The molecule has 0 aliphatic rings. The van der Waals surface area contributed by atoms with Gasteiger partial charge in [0.15, 0.2) is 0 Å². The highest BCUT2D eigenvalue weighted by Crippen LogP contribution is 2.15. The number of methoxy groups -OCH3 is 1. The number of aryl methyl sites for hydroxylation is 1. The van der Waals surface area contributed by atoms with E-state index in [0.717, 1.165) is 23.4 Å². The van der Waals surface area contributed by atoms with Crippen LogP contribution in [0.4, 0.5) is 5.69 Å². The number of anilines is 1. The number of amides is 1. The van der Waals surface area contributed by atoms with Gasteiger partial charge in [0, 0.05) is 24.7 Å². The van der Waals surface area contributed by atoms with Crippen molar-refractivity contribution in [1.29, 1.82) is 0 Å². The van der Waals surface area contributed by atoms with E-state index < -0.39 is 0 Å². The molecule has 0 aliphatic heterocycles. The van der Waals surface area contributed by atoms with E-state index in [-0.39, 0.29) is 5.91 Å². The minimum absolute atomic E-state index is 0.0285. The fourth-order valence-electron chi connectivity index (χ4n) is 1.90. The molecule has 0 heterocycles. The quantitative estimate of drug-likeness (QED) is 0.910. The third-order valence-corrected chi connectivity index (χ3v) is 3.09. The summed E-state index contributed by atoms with van der Waals surface area (Å²) in [6.07, 6.45) is 1.03. The average molecular weight is 300 g/mol. The fraction of sp³-hybridized carbons (Fsp3) is 0.278. The summed E-state index contributed by atoms with van der Waals surface area (Å²) in [7, 11) is 1.65. The molecule has 1 amide bonds. The van der Waals surface area contributed by atoms with Crippen molar-refractivity contribution in [3.8, 4) is 5.75 Å². The Labute approximate surface area is 132 Å². The predicted octanol–water partition coefficient (Wildman–Crippen LogP) is 3.36. The van der Waals surface area contributed by atoms with Crippen LogP contribution < -0.4 is 15.8 Å². The minimum atomic E-state index is -0.0285. The number of nitrogens with one attached hydrogen (secondary N) is 1. The molecule has 0 spiro atoms. The zero-order chi connectivity index (χ0) is 16.4. The molecule has 0 aromatic heterocycles. The van der Waals surface area contributed by atoms with Gasteiger partial charge in [-0.25, -0.2) is 0 Å². The van der Waals surface area contributed by atoms with Crippen molar-refractivity contribution in [1.82, 2.24) is 0 Å². The lowest BCUT2D eigenvalue weighted by molar-refractivity contribution is -0.114. The van der Waals surface area contributed by atoms with Gasteiger partial charge in [0.05, 0.1) is 7.11 Å². The van der Waals surface area contributed by atoms with Gasteiger partial charge in [0.2, 0.25) is 5.91 Å². The van der Waals surface area contributed by atoms with Gasteiger partial charge in [-0.2, -0.15) is 0 Å². The first-order valence-electron chi connectivity index (χ1n) is 7.29. The molecule has 0 radical (unpaired) electrons. The van der Waals surface area contributed by atoms with Crippen LogP contribution in [-0.2, 0) is 17.8 Å². The van der Waals surface area contributed by atoms with E-state index >= 15 is 0 Å². The van der Waals surface area contributed by atoms with Crippen LogP contribution in [0.1, 0.15) is 25.0 Å². The molecule has 2 aromatic carbocycles. The van der Waals surface area contributed by atoms with Crippen molar-refractivity contribution in [2.75, 3.05) is 12.4 Å². The van der Waals surface area contributed by atoms with E-state index in [2.05, 4.69) is 12.2 Å². The number of carbonyl (C=O) groups excluding carboxylic acids is 1. The molecule has 118 valence electrons. The SMILES string of the molecule is CCc1ccc(NC(C)=O)cc1.COc1ccccc1CN. The number of hydrogen-bond donors (Lipinski definition) is 2. The zero-order valence-electron chi connectivity index (χ0n) is 13.4. The van der Waals surface area contributed by atoms with Gasteiger partial charge in [0.1, 0.15) is 5.75 Å². The van der Waals surface area contributed by atoms with Gasteiger partial charge in [-0.3, -0.25) is 4.79 Å². The highest BCUT2D eigenvalue weighted by molar-refractivity contribution is 5.88. The van der Waals surface area contributed by atoms with Crippen LogP contribution in [0.5, 0.6) is 5.75 Å². The Morgan fingerprint density at radius 1 is 1.14 bits per heavy atom. The van der Waals surface area contributed by atoms with Crippen LogP contribution in [0.25, 0.3) is 0 Å². The van der Waals surface area contributed by atoms with Gasteiger partial charge in [0.25, 0.3) is 0 Å². The van der Waals surface area contributed by atoms with E-state index in [4.69, 9.17) is 10.5 Å². The van der Waals surface area contributed by atoms with Gasteiger partial charge in [-0.05, 0) is 30.2 Å². The fourth-order valence-corrected chi connectivity index (χ4v) is 1.90. The first-order chi connectivity index (χ1) is 10.6. The highest BCUT2D eigenvalue weighted by Gasteiger charge is 1.96. The van der Waals surface area contributed by atoms with Crippen molar-refractivity contribution in [3.05, 3.63) is 59.7 Å². The second-order valence-electron chi connectivity index (χ2n) is 4.75. The van der Waals surface area contributed by atoms with Gasteiger partial charge in [-0.1, -0.05) is 37.3 Å². The summed E-state index contributed by atoms with van der Waals surface area (Å²) in [5.74, 6) is 0.837. The predicted molar refractivity (Wildman–Crippen MR) is 91.0 cm³/mol. The van der Waals surface area contributed by atoms with Crippen molar-refractivity contribution in [3.63, 3.8) is 0 Å². The maximum Gasteiger partial charge on any atom is 0.221 e. The zero-order valence-corrected chi connectivity index (χ0v) is 13.4. The molecule has 4 heteroatoms. The number of nitrogens with two attached hydrogens (primary N) is 1. The Kier molecular flexibility index (Phi) is 7.72. The van der Waals surface area contributed by atoms with Crippen molar-refractivity contribution < 1.29 is 9.53 Å². The standard InChI is InChI=1S/C10H13NO.C8H11NO/c1-3-9-4-6-10(7-5-9)11-8(2)12;1-10-8-5-3-2-4-7(8)6-9/h4-7H,3H2,1-2H3,(H,11,12);2-5H,6,9H2,1H3. The Bertz CT molecular complexity index is 557. The number of benzene rings is 2. The highest BCUT2D eigenvalue weighted by atomic mass is 16.5. The maximum absolute atomic E-state index is 10.7. The monoisotopic (exact) mass is 300 g/mol. The first kappa shape index (κ1) is 17.7. The Morgan fingerprint density at radius 3 is 2.23 bits per heavy atom. The second-order valence-corrected chi connectivity index (χ2v) is 4.75. The Balaban J connectivity index is 0.000000224. The average Bonchev–Trinajstić information content (AvgIpc) is 2.55. The first-order valence-corrected chi connectivity index (χ1v) is 7.29. The molecule has 0 fully saturated rings. The van der Waals surface area contributed by atoms with Gasteiger partial charge >= 0.3 is 0 Å². The summed E-state index contributed by atoms with van der Waals surface area (Å²) in [4.78, 5) is 10.7. The second kappa shape index (κ2) is 9.58. The number of para-hydroxylation sites is 1. The number of hydrogen-bond acceptors (Lipinski definition) is 3. The Morgan fingerprint density at radius 2 is 1.77 bits per heavy atom. The normalized spacial score (nSPS) is 9.45. The lowest BCUT2D eigenvalue weighted by Gasteiger charge is -2.03. The van der Waals surface area contributed by atoms with Crippen LogP contribution >= 0.6 is 0 Å². The van der Waals surface area contributed by atoms with E-state index in [1.165, 1.54) is 12.5 Å². The molecule has 0 atom stereocenters. The molecule has 0 saturated carbocycles. The topological polar surface area (TPSA) is 64.3 Å². The van der Waals surface area contributed by atoms with E-state index in [1.807, 2.05) is 48.5 Å². The lowest BCUT2D eigenvalue weighted by Crippen LogP contribution is -2.05. The van der Waals surface area contributed by atoms with Crippen LogP contribution in [0.3, 0.4) is 0 Å². The summed E-state index contributed by atoms with van der Waals surface area (Å²) >= 11 is 0. The summed E-state index contributed by atoms with van der Waals surface area (Å²) in [6.45, 7) is 4.14. The lowest BCUT2D eigenvalue weighted by atomic mass is 10.1. The Hall–Kier alpha value is -2.33. The van der Waals surface area contributed by atoms with Crippen molar-refractivity contribution in [2.45, 2.75) is 26.8 Å². The van der Waals surface area contributed by atoms with Gasteiger partial charge < -0.3 is 15.8 Å². The van der Waals surface area contributed by atoms with Crippen LogP contribution in [0.2, 0.25) is 0 Å². The third-order valence-electron chi connectivity index (χ3n) is 3.09. The molecule has 3 N–H and O–H groups in total. The van der Waals surface area contributed by atoms with Crippen molar-refractivity contribution in [2.24, 2.45) is 5.73 Å².